The van der Waals surface area contributed by atoms with Gasteiger partial charge in [0.05, 0.1) is 12.8 Å². The number of aryl methyl sites for hydroxylation is 1. The van der Waals surface area contributed by atoms with Gasteiger partial charge in [0.2, 0.25) is 0 Å². The summed E-state index contributed by atoms with van der Waals surface area (Å²) in [6.45, 7) is 2.83. The molecule has 2 heterocycles. The Bertz CT molecular complexity index is 1170. The molecule has 0 spiro atoms. The molecule has 164 valence electrons. The van der Waals surface area contributed by atoms with Crippen LogP contribution < -0.4 is 10.1 Å². The largest absolute Gasteiger partial charge is 0.489 e. The summed E-state index contributed by atoms with van der Waals surface area (Å²) in [5.41, 5.74) is 2.81. The van der Waals surface area contributed by atoms with E-state index in [0.29, 0.717) is 29.8 Å². The third-order valence-corrected chi connectivity index (χ3v) is 4.95. The molecule has 0 bridgehead atoms. The van der Waals surface area contributed by atoms with Gasteiger partial charge in [-0.15, -0.1) is 0 Å². The van der Waals surface area contributed by atoms with E-state index in [0.717, 1.165) is 22.6 Å². The molecule has 0 saturated carbocycles. The SMILES string of the molecule is Cc1cc(NC(=O)OCc2ccco2)nn1Cc1cc(Cl)ccc1OCc1ccccc1. The monoisotopic (exact) mass is 451 g/mol. The van der Waals surface area contributed by atoms with Crippen LogP contribution in [0.15, 0.2) is 77.4 Å². The number of halogens is 1. The van der Waals surface area contributed by atoms with Crippen molar-refractivity contribution in [3.8, 4) is 5.75 Å². The van der Waals surface area contributed by atoms with Gasteiger partial charge in [-0.25, -0.2) is 4.79 Å². The average molecular weight is 452 g/mol. The van der Waals surface area contributed by atoms with Gasteiger partial charge in [0.1, 0.15) is 18.1 Å². The molecular weight excluding hydrogens is 430 g/mol. The van der Waals surface area contributed by atoms with Crippen LogP contribution in [0.1, 0.15) is 22.6 Å². The first-order chi connectivity index (χ1) is 15.6. The van der Waals surface area contributed by atoms with Gasteiger partial charge in [-0.05, 0) is 42.8 Å². The minimum atomic E-state index is -0.610. The highest BCUT2D eigenvalue weighted by atomic mass is 35.5. The molecule has 2 aromatic carbocycles. The molecule has 7 nitrogen and oxygen atoms in total. The molecule has 0 unspecified atom stereocenters. The Kier molecular flexibility index (Phi) is 6.77. The topological polar surface area (TPSA) is 78.5 Å². The van der Waals surface area contributed by atoms with Crippen LogP contribution in [0.2, 0.25) is 5.02 Å². The molecule has 4 aromatic rings. The number of amides is 1. The third kappa shape index (κ3) is 5.70. The second kappa shape index (κ2) is 10.1. The van der Waals surface area contributed by atoms with Crippen molar-refractivity contribution in [1.82, 2.24) is 9.78 Å². The van der Waals surface area contributed by atoms with Gasteiger partial charge in [0.15, 0.2) is 12.4 Å². The number of ether oxygens (including phenoxy) is 2. The molecular formula is C24H22ClN3O4. The average Bonchev–Trinajstić information content (AvgIpc) is 3.42. The van der Waals surface area contributed by atoms with Crippen molar-refractivity contribution in [2.45, 2.75) is 26.7 Å². The molecule has 1 amide bonds. The fourth-order valence-corrected chi connectivity index (χ4v) is 3.31. The summed E-state index contributed by atoms with van der Waals surface area (Å²) >= 11 is 6.22. The summed E-state index contributed by atoms with van der Waals surface area (Å²) < 4.78 is 18.1. The minimum Gasteiger partial charge on any atom is -0.489 e. The number of hydrogen-bond acceptors (Lipinski definition) is 5. The number of hydrogen-bond donors (Lipinski definition) is 1. The molecule has 32 heavy (non-hydrogen) atoms. The molecule has 4 rings (SSSR count). The van der Waals surface area contributed by atoms with Gasteiger partial charge in [0, 0.05) is 22.3 Å². The van der Waals surface area contributed by atoms with Gasteiger partial charge >= 0.3 is 6.09 Å². The summed E-state index contributed by atoms with van der Waals surface area (Å²) in [6.07, 6.45) is 0.913. The Labute approximate surface area is 190 Å². The van der Waals surface area contributed by atoms with E-state index in [-0.39, 0.29) is 6.61 Å². The van der Waals surface area contributed by atoms with Crippen molar-refractivity contribution in [2.24, 2.45) is 0 Å². The zero-order chi connectivity index (χ0) is 22.3. The number of nitrogens with zero attached hydrogens (tertiary/aromatic N) is 2. The fourth-order valence-electron chi connectivity index (χ4n) is 3.11. The zero-order valence-corrected chi connectivity index (χ0v) is 18.2. The number of benzene rings is 2. The Morgan fingerprint density at radius 1 is 1.09 bits per heavy atom. The second-order valence-electron chi connectivity index (χ2n) is 7.14. The van der Waals surface area contributed by atoms with Crippen LogP contribution in [0.5, 0.6) is 5.75 Å². The van der Waals surface area contributed by atoms with Gasteiger partial charge in [0.25, 0.3) is 0 Å². The van der Waals surface area contributed by atoms with Gasteiger partial charge in [-0.3, -0.25) is 10.00 Å². The van der Waals surface area contributed by atoms with Crippen LogP contribution >= 0.6 is 11.6 Å². The van der Waals surface area contributed by atoms with Crippen LogP contribution in [-0.2, 0) is 24.5 Å². The molecule has 0 aliphatic heterocycles. The lowest BCUT2D eigenvalue weighted by atomic mass is 10.2. The number of nitrogens with one attached hydrogen (secondary N) is 1. The molecule has 0 atom stereocenters. The first kappa shape index (κ1) is 21.5. The van der Waals surface area contributed by atoms with Crippen LogP contribution in [0.3, 0.4) is 0 Å². The Balaban J connectivity index is 1.41. The van der Waals surface area contributed by atoms with E-state index >= 15 is 0 Å². The normalized spacial score (nSPS) is 10.7. The number of aromatic nitrogens is 2. The first-order valence-electron chi connectivity index (χ1n) is 10.0. The number of carbonyl (C=O) groups is 1. The molecule has 0 fully saturated rings. The summed E-state index contributed by atoms with van der Waals surface area (Å²) in [5.74, 6) is 1.67. The van der Waals surface area contributed by atoms with Crippen molar-refractivity contribution >= 4 is 23.5 Å². The van der Waals surface area contributed by atoms with E-state index in [2.05, 4.69) is 10.4 Å². The summed E-state index contributed by atoms with van der Waals surface area (Å²) in [6, 6.07) is 20.7. The molecule has 0 radical (unpaired) electrons. The van der Waals surface area contributed by atoms with E-state index in [4.69, 9.17) is 25.5 Å². The quantitative estimate of drug-likeness (QED) is 0.365. The predicted octanol–water partition coefficient (Wildman–Crippen LogP) is 5.81. The lowest BCUT2D eigenvalue weighted by molar-refractivity contribution is 0.146. The number of rotatable bonds is 8. The van der Waals surface area contributed by atoms with Crippen molar-refractivity contribution in [3.63, 3.8) is 0 Å². The summed E-state index contributed by atoms with van der Waals surface area (Å²) in [5, 5.41) is 7.70. The van der Waals surface area contributed by atoms with E-state index in [1.165, 1.54) is 6.26 Å². The molecule has 8 heteroatoms. The van der Waals surface area contributed by atoms with Gasteiger partial charge in [-0.2, -0.15) is 5.10 Å². The standard InChI is InChI=1S/C24H22ClN3O4/c1-17-12-23(26-24(29)32-16-21-8-5-11-30-21)27-28(17)14-19-13-20(25)9-10-22(19)31-15-18-6-3-2-4-7-18/h2-13H,14-16H2,1H3,(H,26,27,29). The van der Waals surface area contributed by atoms with Crippen molar-refractivity contribution in [2.75, 3.05) is 5.32 Å². The van der Waals surface area contributed by atoms with Crippen LogP contribution in [0.4, 0.5) is 10.6 Å². The Morgan fingerprint density at radius 3 is 2.72 bits per heavy atom. The van der Waals surface area contributed by atoms with Crippen molar-refractivity contribution < 1.29 is 18.7 Å². The molecule has 0 aliphatic rings. The highest BCUT2D eigenvalue weighted by Gasteiger charge is 2.13. The second-order valence-corrected chi connectivity index (χ2v) is 7.57. The molecule has 0 saturated heterocycles. The van der Waals surface area contributed by atoms with E-state index in [9.17, 15) is 4.79 Å². The summed E-state index contributed by atoms with van der Waals surface area (Å²) in [4.78, 5) is 12.0. The maximum atomic E-state index is 12.0. The molecule has 2 aromatic heterocycles. The highest BCUT2D eigenvalue weighted by molar-refractivity contribution is 6.30. The highest BCUT2D eigenvalue weighted by Crippen LogP contribution is 2.25. The summed E-state index contributed by atoms with van der Waals surface area (Å²) in [7, 11) is 0. The molecule has 0 aliphatic carbocycles. The van der Waals surface area contributed by atoms with Crippen LogP contribution in [-0.4, -0.2) is 15.9 Å². The van der Waals surface area contributed by atoms with Gasteiger partial charge < -0.3 is 13.9 Å². The zero-order valence-electron chi connectivity index (χ0n) is 17.5. The van der Waals surface area contributed by atoms with E-state index in [1.807, 2.05) is 49.4 Å². The molecule has 1 N–H and O–H groups in total. The van der Waals surface area contributed by atoms with Crippen molar-refractivity contribution in [1.29, 1.82) is 0 Å². The Morgan fingerprint density at radius 2 is 1.94 bits per heavy atom. The van der Waals surface area contributed by atoms with Crippen LogP contribution in [0.25, 0.3) is 0 Å². The maximum absolute atomic E-state index is 12.0. The third-order valence-electron chi connectivity index (χ3n) is 4.72. The van der Waals surface area contributed by atoms with E-state index < -0.39 is 6.09 Å². The Hall–Kier alpha value is -3.71. The number of anilines is 1. The van der Waals surface area contributed by atoms with E-state index in [1.54, 1.807) is 28.9 Å². The number of furan rings is 1. The maximum Gasteiger partial charge on any atom is 0.413 e. The smallest absolute Gasteiger partial charge is 0.413 e. The predicted molar refractivity (Wildman–Crippen MR) is 121 cm³/mol. The lowest BCUT2D eigenvalue weighted by Crippen LogP contribution is -2.14. The van der Waals surface area contributed by atoms with Crippen LogP contribution in [0, 0.1) is 6.92 Å². The minimum absolute atomic E-state index is 0.0448. The number of carbonyl (C=O) groups excluding carboxylic acids is 1. The van der Waals surface area contributed by atoms with Crippen molar-refractivity contribution in [3.05, 3.63) is 101 Å². The first-order valence-corrected chi connectivity index (χ1v) is 10.4. The fraction of sp³-hybridized carbons (Fsp3) is 0.167. The van der Waals surface area contributed by atoms with Gasteiger partial charge in [-0.1, -0.05) is 41.9 Å². The lowest BCUT2D eigenvalue weighted by Gasteiger charge is -2.13.